The molecule has 3 aliphatic carbocycles. The van der Waals surface area contributed by atoms with Gasteiger partial charge in [-0.05, 0) is 92.1 Å². The monoisotopic (exact) mass is 678 g/mol. The summed E-state index contributed by atoms with van der Waals surface area (Å²) >= 11 is 1.26. The highest BCUT2D eigenvalue weighted by Gasteiger charge is 2.56. The molecule has 2 aromatic carbocycles. The van der Waals surface area contributed by atoms with E-state index in [1.54, 1.807) is 24.4 Å². The average Bonchev–Trinajstić information content (AvgIpc) is 3.47. The lowest BCUT2D eigenvalue weighted by atomic mass is 9.43. The van der Waals surface area contributed by atoms with Crippen molar-refractivity contribution in [2.24, 2.45) is 11.3 Å². The number of nitrogens with zero attached hydrogens (tertiary/aromatic N) is 4. The van der Waals surface area contributed by atoms with Gasteiger partial charge in [0.05, 0.1) is 23.1 Å². The molecule has 3 N–H and O–H groups in total. The minimum atomic E-state index is -0.975. The molecule has 8 rings (SSSR count). The van der Waals surface area contributed by atoms with Gasteiger partial charge in [0.15, 0.2) is 0 Å². The quantitative estimate of drug-likeness (QED) is 0.104. The van der Waals surface area contributed by atoms with Crippen LogP contribution in [0.4, 0.5) is 5.95 Å². The third-order valence-electron chi connectivity index (χ3n) is 9.66. The van der Waals surface area contributed by atoms with Gasteiger partial charge in [0.25, 0.3) is 0 Å². The standard InChI is InChI=1S/C38H42N6O4S/c1-22-8-6-9-23(2)33(22)29-14-32(43-36(42-29)44-49-28-11-7-10-25(12-28)35(45)46)47-21-26(18-38-15-24(16-38)17-38)39-19-27-20-40-34-30(41-27)13-31(48-34)37(3,4)5/h6-14,20,24,26,39H,15-19,21H2,1-5H3,(H,45,46)(H,42,43,44). The first kappa shape index (κ1) is 33.0. The van der Waals surface area contributed by atoms with Gasteiger partial charge in [-0.1, -0.05) is 45.0 Å². The molecule has 1 atom stereocenters. The van der Waals surface area contributed by atoms with Crippen molar-refractivity contribution in [3.63, 3.8) is 0 Å². The van der Waals surface area contributed by atoms with Gasteiger partial charge in [-0.25, -0.2) is 19.7 Å². The smallest absolute Gasteiger partial charge is 0.335 e. The predicted octanol–water partition coefficient (Wildman–Crippen LogP) is 8.14. The summed E-state index contributed by atoms with van der Waals surface area (Å²) in [6.07, 6.45) is 6.68. The summed E-state index contributed by atoms with van der Waals surface area (Å²) < 4.78 is 15.7. The molecular weight excluding hydrogens is 637 g/mol. The Labute approximate surface area is 290 Å². The SMILES string of the molecule is Cc1cccc(C)c1-c1cc(OCC(CC23CC(C2)C3)NCc2cnc3oc(C(C)(C)C)cc3n2)nc(NSc2cccc(C(=O)O)c2)n1. The van der Waals surface area contributed by atoms with Crippen LogP contribution in [-0.2, 0) is 12.0 Å². The van der Waals surface area contributed by atoms with Crippen LogP contribution in [0.15, 0.2) is 70.1 Å². The second-order valence-electron chi connectivity index (χ2n) is 14.7. The Morgan fingerprint density at radius 3 is 2.51 bits per heavy atom. The average molecular weight is 679 g/mol. The zero-order chi connectivity index (χ0) is 34.3. The van der Waals surface area contributed by atoms with Crippen LogP contribution in [0.5, 0.6) is 5.88 Å². The first-order chi connectivity index (χ1) is 23.4. The van der Waals surface area contributed by atoms with Crippen LogP contribution in [0.2, 0.25) is 0 Å². The van der Waals surface area contributed by atoms with Gasteiger partial charge in [-0.15, -0.1) is 0 Å². The minimum absolute atomic E-state index is 0.0800. The molecule has 254 valence electrons. The molecule has 5 aromatic rings. The number of ether oxygens (including phenoxy) is 1. The van der Waals surface area contributed by atoms with Crippen LogP contribution in [0.25, 0.3) is 22.5 Å². The number of benzene rings is 2. The predicted molar refractivity (Wildman–Crippen MR) is 191 cm³/mol. The van der Waals surface area contributed by atoms with Crippen LogP contribution in [0, 0.1) is 25.2 Å². The fourth-order valence-electron chi connectivity index (χ4n) is 7.06. The second-order valence-corrected chi connectivity index (χ2v) is 15.6. The summed E-state index contributed by atoms with van der Waals surface area (Å²) in [5.74, 6) is 1.62. The first-order valence-corrected chi connectivity index (χ1v) is 17.6. The molecule has 0 saturated heterocycles. The normalized spacial score (nSPS) is 18.8. The van der Waals surface area contributed by atoms with Crippen molar-refractivity contribution in [2.75, 3.05) is 11.3 Å². The van der Waals surface area contributed by atoms with Crippen molar-refractivity contribution < 1.29 is 19.1 Å². The van der Waals surface area contributed by atoms with Crippen LogP contribution in [0.3, 0.4) is 0 Å². The van der Waals surface area contributed by atoms with Gasteiger partial charge in [-0.2, -0.15) is 4.98 Å². The third-order valence-corrected chi connectivity index (χ3v) is 10.4. The largest absolute Gasteiger partial charge is 0.478 e. The highest BCUT2D eigenvalue weighted by Crippen LogP contribution is 2.66. The highest BCUT2D eigenvalue weighted by molar-refractivity contribution is 8.00. The number of carboxylic acids is 1. The van der Waals surface area contributed by atoms with Crippen molar-refractivity contribution >= 4 is 35.1 Å². The van der Waals surface area contributed by atoms with Crippen LogP contribution < -0.4 is 14.8 Å². The number of carbonyl (C=O) groups is 1. The number of aromatic carboxylic acids is 1. The molecule has 3 aromatic heterocycles. The molecule has 11 heteroatoms. The number of hydrogen-bond acceptors (Lipinski definition) is 10. The van der Waals surface area contributed by atoms with Gasteiger partial charge in [-0.3, -0.25) is 4.72 Å². The number of nitrogens with one attached hydrogen (secondary N) is 2. The lowest BCUT2D eigenvalue weighted by Gasteiger charge is -2.63. The van der Waals surface area contributed by atoms with E-state index in [0.29, 0.717) is 36.1 Å². The van der Waals surface area contributed by atoms with Crippen molar-refractivity contribution in [1.82, 2.24) is 25.3 Å². The van der Waals surface area contributed by atoms with Gasteiger partial charge in [0.2, 0.25) is 17.5 Å². The maximum atomic E-state index is 11.5. The van der Waals surface area contributed by atoms with E-state index >= 15 is 0 Å². The molecule has 3 fully saturated rings. The lowest BCUT2D eigenvalue weighted by molar-refractivity contribution is -0.119. The zero-order valence-corrected chi connectivity index (χ0v) is 29.4. The summed E-state index contributed by atoms with van der Waals surface area (Å²) in [5.41, 5.74) is 6.66. The Morgan fingerprint density at radius 1 is 1.06 bits per heavy atom. The number of hydrogen-bond donors (Lipinski definition) is 3. The summed E-state index contributed by atoms with van der Waals surface area (Å²) in [5, 5.41) is 13.2. The fraction of sp³-hybridized carbons (Fsp3) is 0.395. The van der Waals surface area contributed by atoms with Gasteiger partial charge in [0, 0.05) is 40.6 Å². The molecule has 2 bridgehead atoms. The van der Waals surface area contributed by atoms with E-state index in [4.69, 9.17) is 24.1 Å². The Hall–Kier alpha value is -4.48. The van der Waals surface area contributed by atoms with E-state index in [1.807, 2.05) is 24.3 Å². The highest BCUT2D eigenvalue weighted by atomic mass is 32.2. The van der Waals surface area contributed by atoms with Crippen molar-refractivity contribution in [1.29, 1.82) is 0 Å². The molecule has 0 spiro atoms. The van der Waals surface area contributed by atoms with Crippen molar-refractivity contribution in [3.8, 4) is 17.1 Å². The van der Waals surface area contributed by atoms with E-state index in [1.165, 1.54) is 31.2 Å². The number of aryl methyl sites for hydroxylation is 2. The van der Waals surface area contributed by atoms with Crippen LogP contribution >= 0.6 is 11.9 Å². The first-order valence-electron chi connectivity index (χ1n) is 16.8. The van der Waals surface area contributed by atoms with E-state index in [-0.39, 0.29) is 17.0 Å². The molecule has 0 amide bonds. The van der Waals surface area contributed by atoms with Crippen molar-refractivity contribution in [3.05, 3.63) is 88.9 Å². The topological polar surface area (TPSA) is 135 Å². The van der Waals surface area contributed by atoms with Crippen LogP contribution in [0.1, 0.15) is 79.4 Å². The Balaban J connectivity index is 1.11. The van der Waals surface area contributed by atoms with E-state index < -0.39 is 5.97 Å². The molecule has 3 heterocycles. The minimum Gasteiger partial charge on any atom is -0.478 e. The second kappa shape index (κ2) is 13.1. The van der Waals surface area contributed by atoms with Gasteiger partial charge in [0.1, 0.15) is 17.9 Å². The van der Waals surface area contributed by atoms with E-state index in [2.05, 4.69) is 61.8 Å². The maximum Gasteiger partial charge on any atom is 0.335 e. The van der Waals surface area contributed by atoms with Crippen LogP contribution in [-0.4, -0.2) is 43.7 Å². The Kier molecular flexibility index (Phi) is 8.83. The van der Waals surface area contributed by atoms with E-state index in [9.17, 15) is 9.90 Å². The molecule has 49 heavy (non-hydrogen) atoms. The number of anilines is 1. The molecule has 3 aliphatic rings. The van der Waals surface area contributed by atoms with E-state index in [0.717, 1.165) is 56.6 Å². The molecule has 0 aliphatic heterocycles. The Morgan fingerprint density at radius 2 is 1.82 bits per heavy atom. The lowest BCUT2D eigenvalue weighted by Crippen LogP contribution is -2.55. The number of fused-ring (bicyclic) bond motifs is 1. The molecule has 10 nitrogen and oxygen atoms in total. The number of carboxylic acid groups (broad SMARTS) is 1. The summed E-state index contributed by atoms with van der Waals surface area (Å²) in [6, 6.07) is 16.9. The summed E-state index contributed by atoms with van der Waals surface area (Å²) in [7, 11) is 0. The molecule has 0 radical (unpaired) electrons. The summed E-state index contributed by atoms with van der Waals surface area (Å²) in [4.78, 5) is 31.2. The number of furan rings is 1. The molecular formula is C38H42N6O4S. The Bertz CT molecular complexity index is 1980. The fourth-order valence-corrected chi connectivity index (χ4v) is 7.69. The maximum absolute atomic E-state index is 11.5. The summed E-state index contributed by atoms with van der Waals surface area (Å²) in [6.45, 7) is 11.5. The molecule has 1 unspecified atom stereocenters. The zero-order valence-electron chi connectivity index (χ0n) is 28.5. The van der Waals surface area contributed by atoms with Gasteiger partial charge >= 0.3 is 5.97 Å². The number of aromatic nitrogens is 4. The van der Waals surface area contributed by atoms with Gasteiger partial charge < -0.3 is 19.6 Å². The van der Waals surface area contributed by atoms with Crippen molar-refractivity contribution in [2.45, 2.75) is 83.2 Å². The number of rotatable bonds is 13. The third kappa shape index (κ3) is 7.28. The molecule has 3 saturated carbocycles.